The summed E-state index contributed by atoms with van der Waals surface area (Å²) in [6, 6.07) is 4.88. The SMILES string of the molecule is CC(O)CCOC(=O)c1ccc(Br)c(N)c1. The Kier molecular flexibility index (Phi) is 4.76. The minimum absolute atomic E-state index is 0.201. The maximum atomic E-state index is 11.5. The number of carbonyl (C=O) groups excluding carboxylic acids is 1. The number of rotatable bonds is 4. The molecule has 3 N–H and O–H groups in total. The Bertz CT molecular complexity index is 379. The zero-order chi connectivity index (χ0) is 12.1. The highest BCUT2D eigenvalue weighted by molar-refractivity contribution is 9.10. The van der Waals surface area contributed by atoms with Crippen molar-refractivity contribution in [2.24, 2.45) is 0 Å². The minimum atomic E-state index is -0.470. The predicted octanol–water partition coefficient (Wildman–Crippen LogP) is 1.96. The van der Waals surface area contributed by atoms with Crippen LogP contribution in [0.25, 0.3) is 0 Å². The van der Waals surface area contributed by atoms with Crippen molar-refractivity contribution < 1.29 is 14.6 Å². The van der Waals surface area contributed by atoms with E-state index in [-0.39, 0.29) is 6.61 Å². The summed E-state index contributed by atoms with van der Waals surface area (Å²) in [4.78, 5) is 11.5. The predicted molar refractivity (Wildman–Crippen MR) is 65.1 cm³/mol. The zero-order valence-corrected chi connectivity index (χ0v) is 10.5. The second-order valence-electron chi connectivity index (χ2n) is 3.51. The van der Waals surface area contributed by atoms with Crippen molar-refractivity contribution >= 4 is 27.6 Å². The highest BCUT2D eigenvalue weighted by Gasteiger charge is 2.09. The number of aliphatic hydroxyl groups is 1. The van der Waals surface area contributed by atoms with Gasteiger partial charge in [-0.15, -0.1) is 0 Å². The molecule has 0 aliphatic rings. The van der Waals surface area contributed by atoms with Crippen molar-refractivity contribution in [2.75, 3.05) is 12.3 Å². The second kappa shape index (κ2) is 5.86. The van der Waals surface area contributed by atoms with Crippen LogP contribution in [0, 0.1) is 0 Å². The van der Waals surface area contributed by atoms with Gasteiger partial charge in [-0.25, -0.2) is 4.79 Å². The Morgan fingerprint density at radius 3 is 2.88 bits per heavy atom. The zero-order valence-electron chi connectivity index (χ0n) is 8.94. The molecule has 0 bridgehead atoms. The molecule has 0 radical (unpaired) electrons. The van der Waals surface area contributed by atoms with Crippen molar-refractivity contribution in [2.45, 2.75) is 19.4 Å². The number of carbonyl (C=O) groups is 1. The van der Waals surface area contributed by atoms with Crippen LogP contribution in [0.5, 0.6) is 0 Å². The molecular weight excluding hydrogens is 274 g/mol. The minimum Gasteiger partial charge on any atom is -0.462 e. The van der Waals surface area contributed by atoms with Crippen LogP contribution < -0.4 is 5.73 Å². The van der Waals surface area contributed by atoms with E-state index in [2.05, 4.69) is 15.9 Å². The molecule has 88 valence electrons. The number of hydrogen-bond donors (Lipinski definition) is 2. The first kappa shape index (κ1) is 13.0. The average Bonchev–Trinajstić information content (AvgIpc) is 2.21. The molecule has 5 heteroatoms. The van der Waals surface area contributed by atoms with E-state index in [1.54, 1.807) is 25.1 Å². The number of nitrogen functional groups attached to an aromatic ring is 1. The molecule has 0 heterocycles. The van der Waals surface area contributed by atoms with E-state index in [9.17, 15) is 4.79 Å². The van der Waals surface area contributed by atoms with Gasteiger partial charge in [0.15, 0.2) is 0 Å². The Balaban J connectivity index is 2.56. The van der Waals surface area contributed by atoms with Gasteiger partial charge in [0, 0.05) is 16.6 Å². The number of halogens is 1. The van der Waals surface area contributed by atoms with Crippen molar-refractivity contribution in [3.05, 3.63) is 28.2 Å². The van der Waals surface area contributed by atoms with E-state index in [4.69, 9.17) is 15.6 Å². The topological polar surface area (TPSA) is 72.5 Å². The highest BCUT2D eigenvalue weighted by Crippen LogP contribution is 2.20. The van der Waals surface area contributed by atoms with E-state index < -0.39 is 12.1 Å². The highest BCUT2D eigenvalue weighted by atomic mass is 79.9. The molecule has 1 aromatic rings. The molecule has 1 rings (SSSR count). The van der Waals surface area contributed by atoms with Crippen molar-refractivity contribution in [1.82, 2.24) is 0 Å². The van der Waals surface area contributed by atoms with Crippen LogP contribution in [0.1, 0.15) is 23.7 Å². The summed E-state index contributed by atoms with van der Waals surface area (Å²) in [5.74, 6) is -0.431. The molecule has 0 aromatic heterocycles. The van der Waals surface area contributed by atoms with Crippen molar-refractivity contribution in [3.8, 4) is 0 Å². The number of benzene rings is 1. The number of anilines is 1. The Labute approximate surface area is 103 Å². The van der Waals surface area contributed by atoms with Gasteiger partial charge in [0.05, 0.1) is 18.3 Å². The van der Waals surface area contributed by atoms with Crippen LogP contribution in [0.2, 0.25) is 0 Å². The van der Waals surface area contributed by atoms with Crippen LogP contribution in [0.4, 0.5) is 5.69 Å². The van der Waals surface area contributed by atoms with Gasteiger partial charge in [-0.2, -0.15) is 0 Å². The molecule has 0 aliphatic heterocycles. The number of nitrogens with two attached hydrogens (primary N) is 1. The third-order valence-electron chi connectivity index (χ3n) is 2.00. The van der Waals surface area contributed by atoms with Gasteiger partial charge in [0.1, 0.15) is 0 Å². The van der Waals surface area contributed by atoms with E-state index >= 15 is 0 Å². The van der Waals surface area contributed by atoms with Crippen LogP contribution in [0.15, 0.2) is 22.7 Å². The van der Waals surface area contributed by atoms with Crippen molar-refractivity contribution in [3.63, 3.8) is 0 Å². The first-order chi connectivity index (χ1) is 7.50. The number of esters is 1. The molecule has 0 fully saturated rings. The first-order valence-electron chi connectivity index (χ1n) is 4.91. The fourth-order valence-corrected chi connectivity index (χ4v) is 1.32. The van der Waals surface area contributed by atoms with E-state index in [0.717, 1.165) is 4.47 Å². The maximum absolute atomic E-state index is 11.5. The van der Waals surface area contributed by atoms with Crippen LogP contribution in [0.3, 0.4) is 0 Å². The molecule has 1 atom stereocenters. The fourth-order valence-electron chi connectivity index (χ4n) is 1.08. The molecule has 0 spiro atoms. The normalized spacial score (nSPS) is 12.2. The Morgan fingerprint density at radius 1 is 1.62 bits per heavy atom. The molecule has 1 aromatic carbocycles. The van der Waals surface area contributed by atoms with Gasteiger partial charge in [-0.3, -0.25) is 0 Å². The molecule has 0 saturated carbocycles. The summed E-state index contributed by atoms with van der Waals surface area (Å²) < 4.78 is 5.71. The van der Waals surface area contributed by atoms with Gasteiger partial charge in [0.25, 0.3) is 0 Å². The third kappa shape index (κ3) is 3.83. The lowest BCUT2D eigenvalue weighted by molar-refractivity contribution is 0.0444. The Hall–Kier alpha value is -1.07. The molecule has 1 unspecified atom stereocenters. The smallest absolute Gasteiger partial charge is 0.338 e. The van der Waals surface area contributed by atoms with E-state index in [1.165, 1.54) is 0 Å². The summed E-state index contributed by atoms with van der Waals surface area (Å²) in [5, 5.41) is 9.00. The maximum Gasteiger partial charge on any atom is 0.338 e. The summed E-state index contributed by atoms with van der Waals surface area (Å²) in [5.41, 5.74) is 6.54. The summed E-state index contributed by atoms with van der Waals surface area (Å²) in [7, 11) is 0. The van der Waals surface area contributed by atoms with Gasteiger partial charge in [0.2, 0.25) is 0 Å². The quantitative estimate of drug-likeness (QED) is 0.656. The van der Waals surface area contributed by atoms with Gasteiger partial charge >= 0.3 is 5.97 Å². The largest absolute Gasteiger partial charge is 0.462 e. The monoisotopic (exact) mass is 287 g/mol. The second-order valence-corrected chi connectivity index (χ2v) is 4.36. The van der Waals surface area contributed by atoms with Gasteiger partial charge in [-0.05, 0) is 41.1 Å². The summed E-state index contributed by atoms with van der Waals surface area (Å²) in [6.45, 7) is 1.85. The fraction of sp³-hybridized carbons (Fsp3) is 0.364. The van der Waals surface area contributed by atoms with Crippen LogP contribution in [-0.2, 0) is 4.74 Å². The van der Waals surface area contributed by atoms with Gasteiger partial charge in [-0.1, -0.05) is 0 Å². The first-order valence-corrected chi connectivity index (χ1v) is 5.70. The molecule has 0 aliphatic carbocycles. The van der Waals surface area contributed by atoms with Crippen LogP contribution >= 0.6 is 15.9 Å². The summed E-state index contributed by atoms with van der Waals surface area (Å²) in [6.07, 6.45) is -0.0413. The summed E-state index contributed by atoms with van der Waals surface area (Å²) >= 11 is 3.24. The molecule has 0 saturated heterocycles. The number of hydrogen-bond acceptors (Lipinski definition) is 4. The number of aliphatic hydroxyl groups excluding tert-OH is 1. The standard InChI is InChI=1S/C11H14BrNO3/c1-7(14)4-5-16-11(15)8-2-3-9(12)10(13)6-8/h2-3,6-7,14H,4-5,13H2,1H3. The van der Waals surface area contributed by atoms with E-state index in [0.29, 0.717) is 17.7 Å². The third-order valence-corrected chi connectivity index (χ3v) is 2.72. The molecule has 16 heavy (non-hydrogen) atoms. The van der Waals surface area contributed by atoms with Crippen LogP contribution in [-0.4, -0.2) is 23.8 Å². The van der Waals surface area contributed by atoms with Crippen molar-refractivity contribution in [1.29, 1.82) is 0 Å². The van der Waals surface area contributed by atoms with Gasteiger partial charge < -0.3 is 15.6 Å². The lowest BCUT2D eigenvalue weighted by atomic mass is 10.2. The molecule has 0 amide bonds. The average molecular weight is 288 g/mol. The van der Waals surface area contributed by atoms with E-state index in [1.807, 2.05) is 0 Å². The number of ether oxygens (including phenoxy) is 1. The molecule has 4 nitrogen and oxygen atoms in total. The Morgan fingerprint density at radius 2 is 2.31 bits per heavy atom. The lowest BCUT2D eigenvalue weighted by Gasteiger charge is -2.07. The lowest BCUT2D eigenvalue weighted by Crippen LogP contribution is -2.11. The molecular formula is C11H14BrNO3.